The van der Waals surface area contributed by atoms with Gasteiger partial charge in [-0.25, -0.2) is 9.18 Å². The molecule has 2 rings (SSSR count). The van der Waals surface area contributed by atoms with Crippen LogP contribution in [0.15, 0.2) is 36.4 Å². The van der Waals surface area contributed by atoms with E-state index in [-0.39, 0.29) is 22.9 Å². The number of ether oxygens (including phenoxy) is 1. The molecule has 4 nitrogen and oxygen atoms in total. The highest BCUT2D eigenvalue weighted by Crippen LogP contribution is 2.26. The lowest BCUT2D eigenvalue weighted by atomic mass is 10.1. The standard InChI is InChI=1S/C15H9ClFNO3/c16-13-6-9(15(19)20)2-4-14(13)21-8-11-5-12(17)3-1-10(11)7-18/h1-6H,8H2,(H,19,20). The zero-order chi connectivity index (χ0) is 15.4. The summed E-state index contributed by atoms with van der Waals surface area (Å²) in [4.78, 5) is 10.8. The van der Waals surface area contributed by atoms with Gasteiger partial charge in [0.2, 0.25) is 0 Å². The first-order valence-electron chi connectivity index (χ1n) is 5.85. The van der Waals surface area contributed by atoms with Crippen LogP contribution in [0.2, 0.25) is 5.02 Å². The van der Waals surface area contributed by atoms with Gasteiger partial charge in [-0.3, -0.25) is 0 Å². The van der Waals surface area contributed by atoms with Crippen molar-refractivity contribution in [1.29, 1.82) is 5.26 Å². The Balaban J connectivity index is 2.19. The van der Waals surface area contributed by atoms with Crippen LogP contribution in [-0.2, 0) is 6.61 Å². The highest BCUT2D eigenvalue weighted by atomic mass is 35.5. The van der Waals surface area contributed by atoms with Gasteiger partial charge in [0, 0.05) is 5.56 Å². The third-order valence-electron chi connectivity index (χ3n) is 2.75. The zero-order valence-electron chi connectivity index (χ0n) is 10.6. The quantitative estimate of drug-likeness (QED) is 0.936. The first-order valence-corrected chi connectivity index (χ1v) is 6.23. The van der Waals surface area contributed by atoms with Gasteiger partial charge in [-0.2, -0.15) is 5.26 Å². The SMILES string of the molecule is N#Cc1ccc(F)cc1COc1ccc(C(=O)O)cc1Cl. The monoisotopic (exact) mass is 305 g/mol. The normalized spacial score (nSPS) is 9.95. The Morgan fingerprint density at radius 3 is 2.71 bits per heavy atom. The summed E-state index contributed by atoms with van der Waals surface area (Å²) in [6.07, 6.45) is 0. The molecule has 0 radical (unpaired) electrons. The number of hydrogen-bond donors (Lipinski definition) is 1. The Hall–Kier alpha value is -2.58. The van der Waals surface area contributed by atoms with Crippen LogP contribution in [0.1, 0.15) is 21.5 Å². The summed E-state index contributed by atoms with van der Waals surface area (Å²) >= 11 is 5.92. The molecule has 0 aliphatic rings. The van der Waals surface area contributed by atoms with E-state index >= 15 is 0 Å². The van der Waals surface area contributed by atoms with Crippen molar-refractivity contribution in [1.82, 2.24) is 0 Å². The molecule has 1 N–H and O–H groups in total. The summed E-state index contributed by atoms with van der Waals surface area (Å²) in [5.41, 5.74) is 0.723. The van der Waals surface area contributed by atoms with Gasteiger partial charge in [-0.05, 0) is 36.4 Å². The van der Waals surface area contributed by atoms with Crippen LogP contribution in [0, 0.1) is 17.1 Å². The Kier molecular flexibility index (Phi) is 4.41. The van der Waals surface area contributed by atoms with Crippen LogP contribution in [0.25, 0.3) is 0 Å². The van der Waals surface area contributed by atoms with E-state index in [2.05, 4.69) is 0 Å². The molecule has 2 aromatic carbocycles. The molecule has 0 amide bonds. The summed E-state index contributed by atoms with van der Waals surface area (Å²) in [5, 5.41) is 17.9. The van der Waals surface area contributed by atoms with Crippen molar-refractivity contribution < 1.29 is 19.0 Å². The second kappa shape index (κ2) is 6.25. The summed E-state index contributed by atoms with van der Waals surface area (Å²) in [7, 11) is 0. The number of nitrogens with zero attached hydrogens (tertiary/aromatic N) is 1. The topological polar surface area (TPSA) is 70.3 Å². The van der Waals surface area contributed by atoms with E-state index in [1.807, 2.05) is 6.07 Å². The molecule has 0 atom stereocenters. The van der Waals surface area contributed by atoms with Crippen molar-refractivity contribution in [3.63, 3.8) is 0 Å². The van der Waals surface area contributed by atoms with Crippen LogP contribution in [-0.4, -0.2) is 11.1 Å². The van der Waals surface area contributed by atoms with Gasteiger partial charge < -0.3 is 9.84 Å². The van der Waals surface area contributed by atoms with Crippen molar-refractivity contribution >= 4 is 17.6 Å². The smallest absolute Gasteiger partial charge is 0.335 e. The largest absolute Gasteiger partial charge is 0.487 e. The highest BCUT2D eigenvalue weighted by Gasteiger charge is 2.10. The van der Waals surface area contributed by atoms with Crippen LogP contribution in [0.5, 0.6) is 5.75 Å². The second-order valence-corrected chi connectivity index (χ2v) is 4.56. The van der Waals surface area contributed by atoms with Gasteiger partial charge in [0.1, 0.15) is 18.2 Å². The zero-order valence-corrected chi connectivity index (χ0v) is 11.4. The number of carbonyl (C=O) groups is 1. The molecule has 106 valence electrons. The molecule has 0 bridgehead atoms. The molecule has 0 aliphatic heterocycles. The van der Waals surface area contributed by atoms with Crippen molar-refractivity contribution in [3.8, 4) is 11.8 Å². The molecule has 0 saturated heterocycles. The van der Waals surface area contributed by atoms with Crippen LogP contribution in [0.4, 0.5) is 4.39 Å². The molecular weight excluding hydrogens is 297 g/mol. The lowest BCUT2D eigenvalue weighted by Gasteiger charge is -2.10. The molecule has 0 heterocycles. The molecule has 0 spiro atoms. The van der Waals surface area contributed by atoms with Crippen LogP contribution >= 0.6 is 11.6 Å². The van der Waals surface area contributed by atoms with E-state index in [0.29, 0.717) is 11.1 Å². The van der Waals surface area contributed by atoms with Gasteiger partial charge in [0.25, 0.3) is 0 Å². The third-order valence-corrected chi connectivity index (χ3v) is 3.05. The Bertz CT molecular complexity index is 740. The van der Waals surface area contributed by atoms with Crippen molar-refractivity contribution in [3.05, 3.63) is 63.9 Å². The van der Waals surface area contributed by atoms with E-state index in [0.717, 1.165) is 0 Å². The van der Waals surface area contributed by atoms with E-state index in [1.54, 1.807) is 0 Å². The lowest BCUT2D eigenvalue weighted by Crippen LogP contribution is -2.01. The lowest BCUT2D eigenvalue weighted by molar-refractivity contribution is 0.0697. The minimum absolute atomic E-state index is 0.0378. The molecule has 2 aromatic rings. The predicted molar refractivity (Wildman–Crippen MR) is 73.9 cm³/mol. The molecule has 21 heavy (non-hydrogen) atoms. The predicted octanol–water partition coefficient (Wildman–Crippen LogP) is 3.63. The fourth-order valence-corrected chi connectivity index (χ4v) is 1.93. The molecular formula is C15H9ClFNO3. The first kappa shape index (κ1) is 14.8. The number of halogens is 2. The molecule has 0 saturated carbocycles. The van der Waals surface area contributed by atoms with E-state index < -0.39 is 11.8 Å². The van der Waals surface area contributed by atoms with Gasteiger partial charge in [0.15, 0.2) is 0 Å². The van der Waals surface area contributed by atoms with Crippen molar-refractivity contribution in [2.45, 2.75) is 6.61 Å². The Morgan fingerprint density at radius 1 is 1.33 bits per heavy atom. The third kappa shape index (κ3) is 3.50. The number of hydrogen-bond acceptors (Lipinski definition) is 3. The fraction of sp³-hybridized carbons (Fsp3) is 0.0667. The summed E-state index contributed by atoms with van der Waals surface area (Å²) in [6.45, 7) is -0.0488. The van der Waals surface area contributed by atoms with Crippen molar-refractivity contribution in [2.24, 2.45) is 0 Å². The maximum absolute atomic E-state index is 13.2. The van der Waals surface area contributed by atoms with Gasteiger partial charge >= 0.3 is 5.97 Å². The van der Waals surface area contributed by atoms with E-state index in [1.165, 1.54) is 36.4 Å². The van der Waals surface area contributed by atoms with Crippen molar-refractivity contribution in [2.75, 3.05) is 0 Å². The minimum Gasteiger partial charge on any atom is -0.487 e. The number of aromatic carboxylic acids is 1. The molecule has 0 aromatic heterocycles. The summed E-state index contributed by atoms with van der Waals surface area (Å²) in [6, 6.07) is 9.72. The number of carboxylic acid groups (broad SMARTS) is 1. The van der Waals surface area contributed by atoms with E-state index in [9.17, 15) is 9.18 Å². The Morgan fingerprint density at radius 2 is 2.10 bits per heavy atom. The van der Waals surface area contributed by atoms with Gasteiger partial charge in [-0.1, -0.05) is 11.6 Å². The average molecular weight is 306 g/mol. The highest BCUT2D eigenvalue weighted by molar-refractivity contribution is 6.32. The number of benzene rings is 2. The molecule has 0 aliphatic carbocycles. The number of rotatable bonds is 4. The molecule has 0 fully saturated rings. The first-order chi connectivity index (χ1) is 10.0. The van der Waals surface area contributed by atoms with Gasteiger partial charge in [0.05, 0.1) is 22.2 Å². The second-order valence-electron chi connectivity index (χ2n) is 4.15. The van der Waals surface area contributed by atoms with E-state index in [4.69, 9.17) is 26.7 Å². The van der Waals surface area contributed by atoms with Gasteiger partial charge in [-0.15, -0.1) is 0 Å². The fourth-order valence-electron chi connectivity index (χ4n) is 1.70. The molecule has 6 heteroatoms. The van der Waals surface area contributed by atoms with Crippen LogP contribution < -0.4 is 4.74 Å². The van der Waals surface area contributed by atoms with Crippen LogP contribution in [0.3, 0.4) is 0 Å². The summed E-state index contributed by atoms with van der Waals surface area (Å²) in [5.74, 6) is -1.31. The summed E-state index contributed by atoms with van der Waals surface area (Å²) < 4.78 is 18.6. The molecule has 0 unspecified atom stereocenters. The Labute approximate surface area is 125 Å². The minimum atomic E-state index is -1.10. The number of carboxylic acids is 1. The average Bonchev–Trinajstić information content (AvgIpc) is 2.46. The number of nitriles is 1. The maximum atomic E-state index is 13.2. The maximum Gasteiger partial charge on any atom is 0.335 e.